The van der Waals surface area contributed by atoms with Crippen molar-refractivity contribution in [2.75, 3.05) is 0 Å². The Hall–Kier alpha value is -2.36. The number of benzene rings is 1. The molecule has 0 aliphatic heterocycles. The molecule has 4 nitrogen and oxygen atoms in total. The number of aromatic nitrogens is 2. The molecule has 0 spiro atoms. The summed E-state index contributed by atoms with van der Waals surface area (Å²) in [7, 11) is 0. The fourth-order valence-corrected chi connectivity index (χ4v) is 1.82. The molecule has 0 saturated heterocycles. The Bertz CT molecular complexity index is 572. The lowest BCUT2D eigenvalue weighted by atomic mass is 10.2. The summed E-state index contributed by atoms with van der Waals surface area (Å²) in [6.07, 6.45) is 6.84. The van der Waals surface area contributed by atoms with Gasteiger partial charge in [-0.15, -0.1) is 6.58 Å². The molecule has 0 saturated carbocycles. The van der Waals surface area contributed by atoms with E-state index in [-0.39, 0.29) is 6.04 Å². The standard InChI is InChI=1S/C15H17N3O/c1-3-13(2)18-10-9-16-15(18)12-17(19)11-14-7-5-4-6-8-14/h3-10,12-13H,1,11H2,2H3/b17-12-/t13-/m0/s1. The molecule has 1 atom stereocenters. The summed E-state index contributed by atoms with van der Waals surface area (Å²) in [6, 6.07) is 9.74. The lowest BCUT2D eigenvalue weighted by Gasteiger charge is -2.10. The molecule has 1 aromatic heterocycles. The van der Waals surface area contributed by atoms with Crippen molar-refractivity contribution in [3.05, 3.63) is 72.0 Å². The van der Waals surface area contributed by atoms with E-state index in [0.717, 1.165) is 10.3 Å². The number of hydroxylamine groups is 1. The van der Waals surface area contributed by atoms with Gasteiger partial charge in [0.15, 0.2) is 12.4 Å². The first-order valence-electron chi connectivity index (χ1n) is 6.18. The molecule has 1 heterocycles. The van der Waals surface area contributed by atoms with Gasteiger partial charge in [-0.2, -0.15) is 0 Å². The fraction of sp³-hybridized carbons (Fsp3) is 0.200. The van der Waals surface area contributed by atoms with Crippen molar-refractivity contribution in [3.8, 4) is 0 Å². The topological polar surface area (TPSA) is 43.9 Å². The summed E-state index contributed by atoms with van der Waals surface area (Å²) in [5, 5.41) is 11.9. The molecule has 98 valence electrons. The molecule has 0 N–H and O–H groups in total. The third-order valence-corrected chi connectivity index (χ3v) is 2.92. The zero-order chi connectivity index (χ0) is 13.7. The molecule has 0 amide bonds. The van der Waals surface area contributed by atoms with E-state index in [1.54, 1.807) is 6.20 Å². The maximum absolute atomic E-state index is 11.9. The Labute approximate surface area is 112 Å². The van der Waals surface area contributed by atoms with E-state index in [1.807, 2.05) is 54.1 Å². The van der Waals surface area contributed by atoms with E-state index in [9.17, 15) is 5.21 Å². The van der Waals surface area contributed by atoms with Crippen molar-refractivity contribution >= 4 is 6.21 Å². The summed E-state index contributed by atoms with van der Waals surface area (Å²) >= 11 is 0. The highest BCUT2D eigenvalue weighted by Gasteiger charge is 2.08. The number of nitrogens with zero attached hydrogens (tertiary/aromatic N) is 3. The normalized spacial score (nSPS) is 13.2. The van der Waals surface area contributed by atoms with Gasteiger partial charge < -0.3 is 9.77 Å². The van der Waals surface area contributed by atoms with Crippen LogP contribution in [0.1, 0.15) is 24.4 Å². The zero-order valence-electron chi connectivity index (χ0n) is 10.9. The number of imidazole rings is 1. The average molecular weight is 255 g/mol. The van der Waals surface area contributed by atoms with Crippen LogP contribution in [0.3, 0.4) is 0 Å². The van der Waals surface area contributed by atoms with Crippen LogP contribution >= 0.6 is 0 Å². The molecule has 0 unspecified atom stereocenters. The van der Waals surface area contributed by atoms with Crippen LogP contribution in [0.25, 0.3) is 0 Å². The first-order chi connectivity index (χ1) is 9.20. The van der Waals surface area contributed by atoms with E-state index in [1.165, 1.54) is 6.21 Å². The Kier molecular flexibility index (Phi) is 4.13. The Morgan fingerprint density at radius 2 is 2.16 bits per heavy atom. The number of rotatable bonds is 5. The second-order valence-electron chi connectivity index (χ2n) is 4.36. The van der Waals surface area contributed by atoms with E-state index in [0.29, 0.717) is 12.4 Å². The van der Waals surface area contributed by atoms with Gasteiger partial charge >= 0.3 is 0 Å². The van der Waals surface area contributed by atoms with Gasteiger partial charge in [-0.1, -0.05) is 36.4 Å². The zero-order valence-corrected chi connectivity index (χ0v) is 10.9. The van der Waals surface area contributed by atoms with Crippen LogP contribution < -0.4 is 0 Å². The van der Waals surface area contributed by atoms with Crippen molar-refractivity contribution in [1.29, 1.82) is 0 Å². The van der Waals surface area contributed by atoms with Gasteiger partial charge in [-0.3, -0.25) is 0 Å². The molecule has 0 fully saturated rings. The van der Waals surface area contributed by atoms with Crippen molar-refractivity contribution in [1.82, 2.24) is 9.55 Å². The van der Waals surface area contributed by atoms with Gasteiger partial charge in [0.2, 0.25) is 6.21 Å². The highest BCUT2D eigenvalue weighted by atomic mass is 16.5. The third-order valence-electron chi connectivity index (χ3n) is 2.92. The molecule has 1 aromatic carbocycles. The predicted octanol–water partition coefficient (Wildman–Crippen LogP) is 2.76. The van der Waals surface area contributed by atoms with Crippen LogP contribution in [0.15, 0.2) is 55.4 Å². The van der Waals surface area contributed by atoms with Crippen LogP contribution in [0, 0.1) is 5.21 Å². The molecule has 4 heteroatoms. The van der Waals surface area contributed by atoms with Gasteiger partial charge in [-0.25, -0.2) is 9.72 Å². The summed E-state index contributed by atoms with van der Waals surface area (Å²) in [5.74, 6) is 0.637. The first kappa shape index (κ1) is 13.1. The molecule has 2 aromatic rings. The van der Waals surface area contributed by atoms with Crippen molar-refractivity contribution in [2.24, 2.45) is 0 Å². The molecule has 2 rings (SSSR count). The summed E-state index contributed by atoms with van der Waals surface area (Å²) in [5.41, 5.74) is 0.976. The van der Waals surface area contributed by atoms with E-state index >= 15 is 0 Å². The Morgan fingerprint density at radius 3 is 2.84 bits per heavy atom. The number of allylic oxidation sites excluding steroid dienone is 1. The van der Waals surface area contributed by atoms with Crippen LogP contribution in [-0.2, 0) is 6.54 Å². The van der Waals surface area contributed by atoms with Crippen molar-refractivity contribution in [2.45, 2.75) is 19.5 Å². The lowest BCUT2D eigenvalue weighted by molar-refractivity contribution is -0.469. The maximum atomic E-state index is 11.9. The van der Waals surface area contributed by atoms with Gasteiger partial charge in [0.05, 0.1) is 6.04 Å². The summed E-state index contributed by atoms with van der Waals surface area (Å²) in [4.78, 5) is 4.18. The average Bonchev–Trinajstić information content (AvgIpc) is 2.87. The second-order valence-corrected chi connectivity index (χ2v) is 4.36. The molecule has 0 aliphatic rings. The largest absolute Gasteiger partial charge is 0.623 e. The number of hydrogen-bond donors (Lipinski definition) is 0. The van der Waals surface area contributed by atoms with Gasteiger partial charge in [0, 0.05) is 18.0 Å². The van der Waals surface area contributed by atoms with Gasteiger partial charge in [0.25, 0.3) is 0 Å². The smallest absolute Gasteiger partial charge is 0.218 e. The molecule has 0 bridgehead atoms. The second kappa shape index (κ2) is 6.00. The summed E-state index contributed by atoms with van der Waals surface area (Å²) < 4.78 is 2.80. The Balaban J connectivity index is 2.17. The van der Waals surface area contributed by atoms with Gasteiger partial charge in [-0.05, 0) is 6.92 Å². The molecule has 0 radical (unpaired) electrons. The van der Waals surface area contributed by atoms with Gasteiger partial charge in [0.1, 0.15) is 0 Å². The fourth-order valence-electron chi connectivity index (χ4n) is 1.82. The maximum Gasteiger partial charge on any atom is 0.218 e. The third kappa shape index (κ3) is 3.31. The van der Waals surface area contributed by atoms with Crippen LogP contribution in [0.2, 0.25) is 0 Å². The Morgan fingerprint density at radius 1 is 1.42 bits per heavy atom. The van der Waals surface area contributed by atoms with Crippen LogP contribution in [-0.4, -0.2) is 20.5 Å². The van der Waals surface area contributed by atoms with Crippen molar-refractivity contribution < 1.29 is 4.74 Å². The minimum absolute atomic E-state index is 0.110. The SMILES string of the molecule is C=C[C@H](C)n1ccnc1/C=[N+](\[O-])Cc1ccccc1. The molecule has 19 heavy (non-hydrogen) atoms. The predicted molar refractivity (Wildman–Crippen MR) is 76.1 cm³/mol. The molecular formula is C15H17N3O. The molecular weight excluding hydrogens is 238 g/mol. The van der Waals surface area contributed by atoms with E-state index < -0.39 is 0 Å². The number of hydrogen-bond acceptors (Lipinski definition) is 2. The summed E-state index contributed by atoms with van der Waals surface area (Å²) in [6.45, 7) is 6.06. The minimum atomic E-state index is 0.110. The minimum Gasteiger partial charge on any atom is -0.623 e. The van der Waals surface area contributed by atoms with E-state index in [4.69, 9.17) is 0 Å². The quantitative estimate of drug-likeness (QED) is 0.271. The highest BCUT2D eigenvalue weighted by Crippen LogP contribution is 2.08. The monoisotopic (exact) mass is 255 g/mol. The van der Waals surface area contributed by atoms with Crippen LogP contribution in [0.5, 0.6) is 0 Å². The molecule has 0 aliphatic carbocycles. The first-order valence-corrected chi connectivity index (χ1v) is 6.18. The lowest BCUT2D eigenvalue weighted by Crippen LogP contribution is -2.12. The van der Waals surface area contributed by atoms with E-state index in [2.05, 4.69) is 11.6 Å². The highest BCUT2D eigenvalue weighted by molar-refractivity contribution is 5.70. The van der Waals surface area contributed by atoms with Crippen molar-refractivity contribution in [3.63, 3.8) is 0 Å². The van der Waals surface area contributed by atoms with Crippen LogP contribution in [0.4, 0.5) is 0 Å².